The summed E-state index contributed by atoms with van der Waals surface area (Å²) in [6.45, 7) is 1.21. The summed E-state index contributed by atoms with van der Waals surface area (Å²) in [4.78, 5) is 13.9. The summed E-state index contributed by atoms with van der Waals surface area (Å²) in [5.74, 6) is -0.225. The molecule has 0 amide bonds. The molecule has 0 aliphatic carbocycles. The molecule has 14 heavy (non-hydrogen) atoms. The largest absolute Gasteiger partial charge is 0.460 e. The fourth-order valence-corrected chi connectivity index (χ4v) is 1.40. The van der Waals surface area contributed by atoms with Gasteiger partial charge in [0.1, 0.15) is 11.5 Å². The van der Waals surface area contributed by atoms with Crippen molar-refractivity contribution in [1.82, 2.24) is 4.90 Å². The van der Waals surface area contributed by atoms with Crippen LogP contribution in [0.2, 0.25) is 0 Å². The summed E-state index contributed by atoms with van der Waals surface area (Å²) in [5, 5.41) is 1.86. The highest BCUT2D eigenvalue weighted by molar-refractivity contribution is 7.11. The molecule has 1 heterocycles. The molecule has 80 valence electrons. The van der Waals surface area contributed by atoms with Gasteiger partial charge in [0.2, 0.25) is 0 Å². The van der Waals surface area contributed by atoms with Crippen molar-refractivity contribution in [3.63, 3.8) is 0 Å². The van der Waals surface area contributed by atoms with Crippen molar-refractivity contribution in [1.29, 1.82) is 0 Å². The number of halogens is 1. The molecule has 0 spiro atoms. The first-order chi connectivity index (χ1) is 6.20. The van der Waals surface area contributed by atoms with Gasteiger partial charge in [-0.15, -0.1) is 23.7 Å². The maximum Gasteiger partial charge on any atom is 0.348 e. The minimum absolute atomic E-state index is 0. The summed E-state index contributed by atoms with van der Waals surface area (Å²) in [7, 11) is 3.89. The fourth-order valence-electron chi connectivity index (χ4n) is 0.787. The van der Waals surface area contributed by atoms with E-state index in [9.17, 15) is 4.79 Å². The Morgan fingerprint density at radius 2 is 2.29 bits per heavy atom. The van der Waals surface area contributed by atoms with Crippen molar-refractivity contribution in [3.05, 3.63) is 22.4 Å². The molecule has 0 unspecified atom stereocenters. The van der Waals surface area contributed by atoms with E-state index in [-0.39, 0.29) is 18.4 Å². The van der Waals surface area contributed by atoms with E-state index in [4.69, 9.17) is 4.74 Å². The first kappa shape index (κ1) is 13.4. The zero-order valence-corrected chi connectivity index (χ0v) is 9.86. The Balaban J connectivity index is 0.00000169. The molecule has 0 saturated heterocycles. The van der Waals surface area contributed by atoms with E-state index in [0.717, 1.165) is 6.54 Å². The number of carbonyl (C=O) groups is 1. The number of thiophene rings is 1. The maximum absolute atomic E-state index is 11.3. The van der Waals surface area contributed by atoms with Crippen LogP contribution in [0.3, 0.4) is 0 Å². The van der Waals surface area contributed by atoms with Crippen molar-refractivity contribution >= 4 is 29.7 Å². The predicted octanol–water partition coefficient (Wildman–Crippen LogP) is 1.89. The van der Waals surface area contributed by atoms with Gasteiger partial charge in [-0.05, 0) is 25.5 Å². The van der Waals surface area contributed by atoms with E-state index in [0.29, 0.717) is 11.5 Å². The smallest absolute Gasteiger partial charge is 0.348 e. The second-order valence-electron chi connectivity index (χ2n) is 2.92. The molecule has 0 aromatic carbocycles. The van der Waals surface area contributed by atoms with E-state index < -0.39 is 0 Å². The monoisotopic (exact) mass is 235 g/mol. The Morgan fingerprint density at radius 3 is 2.79 bits per heavy atom. The topological polar surface area (TPSA) is 29.5 Å². The molecule has 0 bridgehead atoms. The van der Waals surface area contributed by atoms with Crippen LogP contribution in [0.15, 0.2) is 17.5 Å². The number of nitrogens with zero attached hydrogens (tertiary/aromatic N) is 1. The third kappa shape index (κ3) is 4.60. The molecule has 0 radical (unpaired) electrons. The average Bonchev–Trinajstić information content (AvgIpc) is 2.55. The third-order valence-electron chi connectivity index (χ3n) is 1.49. The Kier molecular flexibility index (Phi) is 6.53. The summed E-state index contributed by atoms with van der Waals surface area (Å²) in [5.41, 5.74) is 0. The fraction of sp³-hybridized carbons (Fsp3) is 0.444. The zero-order valence-electron chi connectivity index (χ0n) is 8.23. The molecule has 1 aromatic rings. The number of likely N-dealkylation sites (N-methyl/N-ethyl adjacent to an activating group) is 1. The van der Waals surface area contributed by atoms with E-state index in [2.05, 4.69) is 0 Å². The number of hydrogen-bond donors (Lipinski definition) is 0. The highest BCUT2D eigenvalue weighted by Gasteiger charge is 2.06. The zero-order chi connectivity index (χ0) is 9.68. The summed E-state index contributed by atoms with van der Waals surface area (Å²) >= 11 is 1.40. The molecule has 1 rings (SSSR count). The first-order valence-corrected chi connectivity index (χ1v) is 4.93. The molecule has 0 saturated carbocycles. The van der Waals surface area contributed by atoms with E-state index in [1.54, 1.807) is 6.07 Å². The molecule has 0 N–H and O–H groups in total. The van der Waals surface area contributed by atoms with Crippen LogP contribution in [0.4, 0.5) is 0 Å². The molecular formula is C9H14ClNO2S. The van der Waals surface area contributed by atoms with Gasteiger partial charge in [0.15, 0.2) is 0 Å². The number of ether oxygens (including phenoxy) is 1. The normalized spacial score (nSPS) is 9.64. The summed E-state index contributed by atoms with van der Waals surface area (Å²) < 4.78 is 5.03. The minimum atomic E-state index is -0.225. The van der Waals surface area contributed by atoms with Gasteiger partial charge in [-0.25, -0.2) is 4.79 Å². The van der Waals surface area contributed by atoms with Crippen LogP contribution in [-0.4, -0.2) is 38.1 Å². The van der Waals surface area contributed by atoms with Gasteiger partial charge >= 0.3 is 5.97 Å². The van der Waals surface area contributed by atoms with Crippen LogP contribution in [0.25, 0.3) is 0 Å². The first-order valence-electron chi connectivity index (χ1n) is 4.05. The second kappa shape index (κ2) is 6.81. The number of rotatable bonds is 4. The number of hydrogen-bond acceptors (Lipinski definition) is 4. The highest BCUT2D eigenvalue weighted by atomic mass is 35.5. The Labute approximate surface area is 94.1 Å². The average molecular weight is 236 g/mol. The maximum atomic E-state index is 11.3. The molecule has 5 heteroatoms. The molecule has 0 aliphatic rings. The molecular weight excluding hydrogens is 222 g/mol. The highest BCUT2D eigenvalue weighted by Crippen LogP contribution is 2.09. The van der Waals surface area contributed by atoms with Crippen molar-refractivity contribution in [2.45, 2.75) is 0 Å². The Bertz CT molecular complexity index is 262. The lowest BCUT2D eigenvalue weighted by Crippen LogP contribution is -2.19. The third-order valence-corrected chi connectivity index (χ3v) is 2.34. The van der Waals surface area contributed by atoms with Crippen molar-refractivity contribution < 1.29 is 9.53 Å². The summed E-state index contributed by atoms with van der Waals surface area (Å²) in [6.07, 6.45) is 0. The van der Waals surface area contributed by atoms with Gasteiger partial charge < -0.3 is 9.64 Å². The molecule has 0 fully saturated rings. The van der Waals surface area contributed by atoms with Crippen molar-refractivity contribution in [2.75, 3.05) is 27.2 Å². The molecule has 0 aliphatic heterocycles. The Morgan fingerprint density at radius 1 is 1.57 bits per heavy atom. The second-order valence-corrected chi connectivity index (χ2v) is 3.86. The van der Waals surface area contributed by atoms with E-state index in [1.165, 1.54) is 11.3 Å². The van der Waals surface area contributed by atoms with Gasteiger partial charge in [-0.1, -0.05) is 6.07 Å². The van der Waals surface area contributed by atoms with Gasteiger partial charge in [0, 0.05) is 6.54 Å². The minimum Gasteiger partial charge on any atom is -0.460 e. The van der Waals surface area contributed by atoms with Crippen molar-refractivity contribution in [2.24, 2.45) is 0 Å². The quantitative estimate of drug-likeness (QED) is 0.747. The van der Waals surface area contributed by atoms with Crippen LogP contribution in [0, 0.1) is 0 Å². The molecule has 0 atom stereocenters. The number of esters is 1. The van der Waals surface area contributed by atoms with Crippen LogP contribution in [-0.2, 0) is 4.74 Å². The lowest BCUT2D eigenvalue weighted by Gasteiger charge is -2.08. The SMILES string of the molecule is CN(C)CCOC(=O)c1cccs1.Cl. The standard InChI is InChI=1S/C9H13NO2S.ClH/c1-10(2)5-6-12-9(11)8-4-3-7-13-8;/h3-4,7H,5-6H2,1-2H3;1H. The number of carbonyl (C=O) groups excluding carboxylic acids is 1. The summed E-state index contributed by atoms with van der Waals surface area (Å²) in [6, 6.07) is 3.61. The van der Waals surface area contributed by atoms with Crippen LogP contribution < -0.4 is 0 Å². The predicted molar refractivity (Wildman–Crippen MR) is 60.4 cm³/mol. The molecule has 3 nitrogen and oxygen atoms in total. The van der Waals surface area contributed by atoms with Crippen LogP contribution >= 0.6 is 23.7 Å². The van der Waals surface area contributed by atoms with Gasteiger partial charge in [-0.2, -0.15) is 0 Å². The lowest BCUT2D eigenvalue weighted by atomic mass is 10.5. The lowest BCUT2D eigenvalue weighted by molar-refractivity contribution is 0.0487. The van der Waals surface area contributed by atoms with E-state index >= 15 is 0 Å². The van der Waals surface area contributed by atoms with E-state index in [1.807, 2.05) is 30.4 Å². The van der Waals surface area contributed by atoms with Gasteiger partial charge in [0.05, 0.1) is 0 Å². The Hall–Kier alpha value is -0.580. The van der Waals surface area contributed by atoms with Crippen LogP contribution in [0.1, 0.15) is 9.67 Å². The van der Waals surface area contributed by atoms with Gasteiger partial charge in [0.25, 0.3) is 0 Å². The van der Waals surface area contributed by atoms with Crippen molar-refractivity contribution in [3.8, 4) is 0 Å². The van der Waals surface area contributed by atoms with Gasteiger partial charge in [-0.3, -0.25) is 0 Å². The van der Waals surface area contributed by atoms with Crippen LogP contribution in [0.5, 0.6) is 0 Å². The molecule has 1 aromatic heterocycles.